The fourth-order valence-electron chi connectivity index (χ4n) is 2.82. The van der Waals surface area contributed by atoms with Crippen LogP contribution in [0.3, 0.4) is 0 Å². The van der Waals surface area contributed by atoms with Crippen LogP contribution >= 0.6 is 0 Å². The molecule has 1 heterocycles. The molecule has 3 N–H and O–H groups in total. The number of anilines is 1. The lowest BCUT2D eigenvalue weighted by Gasteiger charge is -2.23. The molecule has 2 aromatic rings. The summed E-state index contributed by atoms with van der Waals surface area (Å²) in [5, 5.41) is 14.0. The summed E-state index contributed by atoms with van der Waals surface area (Å²) in [6.45, 7) is 3.77. The van der Waals surface area contributed by atoms with Crippen LogP contribution in [0.1, 0.15) is 26.3 Å². The summed E-state index contributed by atoms with van der Waals surface area (Å²) < 4.78 is 11.4. The van der Waals surface area contributed by atoms with Gasteiger partial charge >= 0.3 is 18.2 Å². The first kappa shape index (κ1) is 27.8. The van der Waals surface area contributed by atoms with Gasteiger partial charge in [0.15, 0.2) is 0 Å². The Morgan fingerprint density at radius 3 is 2.42 bits per heavy atom. The van der Waals surface area contributed by atoms with Gasteiger partial charge in [0.05, 0.1) is 0 Å². The molecule has 13 nitrogen and oxygen atoms in total. The Morgan fingerprint density at radius 2 is 1.78 bits per heavy atom. The van der Waals surface area contributed by atoms with Gasteiger partial charge in [-0.1, -0.05) is 30.3 Å². The van der Waals surface area contributed by atoms with Gasteiger partial charge in [-0.25, -0.2) is 9.59 Å². The molecule has 0 radical (unpaired) electrons. The zero-order valence-corrected chi connectivity index (χ0v) is 20.2. The lowest BCUT2D eigenvalue weighted by atomic mass is 10.2. The van der Waals surface area contributed by atoms with Gasteiger partial charge < -0.3 is 29.4 Å². The topological polar surface area (TPSA) is 169 Å². The van der Waals surface area contributed by atoms with Gasteiger partial charge in [-0.05, 0) is 26.3 Å². The fraction of sp³-hybridized carbons (Fsp3) is 0.391. The second kappa shape index (κ2) is 12.9. The highest BCUT2D eigenvalue weighted by Gasteiger charge is 2.20. The van der Waals surface area contributed by atoms with Crippen LogP contribution in [-0.2, 0) is 32.2 Å². The molecular formula is C23H29N5O8. The van der Waals surface area contributed by atoms with E-state index in [-0.39, 0.29) is 25.6 Å². The van der Waals surface area contributed by atoms with Gasteiger partial charge in [0.2, 0.25) is 11.9 Å². The van der Waals surface area contributed by atoms with E-state index in [0.29, 0.717) is 0 Å². The van der Waals surface area contributed by atoms with E-state index < -0.39 is 48.3 Å². The lowest BCUT2D eigenvalue weighted by Crippen LogP contribution is -2.43. The van der Waals surface area contributed by atoms with Crippen LogP contribution in [0, 0.1) is 0 Å². The smallest absolute Gasteiger partial charge is 0.414 e. The maximum Gasteiger partial charge on any atom is 0.414 e. The number of nitrogens with one attached hydrogen (secondary N) is 2. The van der Waals surface area contributed by atoms with Gasteiger partial charge in [0.25, 0.3) is 5.56 Å². The first-order valence-corrected chi connectivity index (χ1v) is 10.9. The molecule has 1 aromatic carbocycles. The summed E-state index contributed by atoms with van der Waals surface area (Å²) in [6.07, 6.45) is -0.379. The van der Waals surface area contributed by atoms with Crippen molar-refractivity contribution >= 4 is 30.0 Å². The number of hydrogen-bond donors (Lipinski definition) is 3. The summed E-state index contributed by atoms with van der Waals surface area (Å²) in [6, 6.07) is 9.98. The minimum Gasteiger partial charge on any atom is -0.480 e. The Labute approximate surface area is 207 Å². The molecule has 3 amide bonds. The molecule has 0 aliphatic carbocycles. The summed E-state index contributed by atoms with van der Waals surface area (Å²) in [5.74, 6) is -2.17. The van der Waals surface area contributed by atoms with Crippen LogP contribution in [0.25, 0.3) is 0 Å². The molecule has 13 heteroatoms. The maximum absolute atomic E-state index is 12.8. The van der Waals surface area contributed by atoms with Crippen molar-refractivity contribution in [1.29, 1.82) is 0 Å². The SMILES string of the molecule is CC(C)(C)OC(=O)NCCN(CC(=O)O)C(=O)Cn1ccc(=O)nc1NC(=O)OCc1ccccc1. The second-order valence-electron chi connectivity index (χ2n) is 8.54. The zero-order valence-electron chi connectivity index (χ0n) is 20.2. The number of alkyl carbamates (subject to hydrolysis) is 1. The molecule has 36 heavy (non-hydrogen) atoms. The van der Waals surface area contributed by atoms with Crippen LogP contribution in [0.2, 0.25) is 0 Å². The maximum atomic E-state index is 12.8. The highest BCUT2D eigenvalue weighted by molar-refractivity contribution is 5.84. The Bertz CT molecular complexity index is 1130. The van der Waals surface area contributed by atoms with Gasteiger partial charge in [-0.15, -0.1) is 0 Å². The van der Waals surface area contributed by atoms with Crippen molar-refractivity contribution in [3.05, 3.63) is 58.5 Å². The molecule has 0 aliphatic rings. The highest BCUT2D eigenvalue weighted by Crippen LogP contribution is 2.07. The van der Waals surface area contributed by atoms with E-state index in [2.05, 4.69) is 15.6 Å². The second-order valence-corrected chi connectivity index (χ2v) is 8.54. The van der Waals surface area contributed by atoms with Crippen molar-refractivity contribution in [1.82, 2.24) is 19.8 Å². The summed E-state index contributed by atoms with van der Waals surface area (Å²) in [5.41, 5.74) is -0.643. The normalized spacial score (nSPS) is 10.8. The number of ether oxygens (including phenoxy) is 2. The Morgan fingerprint density at radius 1 is 1.08 bits per heavy atom. The highest BCUT2D eigenvalue weighted by atomic mass is 16.6. The molecule has 0 spiro atoms. The number of rotatable bonds is 10. The molecule has 0 aliphatic heterocycles. The molecule has 0 fully saturated rings. The van der Waals surface area contributed by atoms with Gasteiger partial charge in [-0.3, -0.25) is 19.7 Å². The van der Waals surface area contributed by atoms with E-state index in [9.17, 15) is 29.1 Å². The summed E-state index contributed by atoms with van der Waals surface area (Å²) in [7, 11) is 0. The van der Waals surface area contributed by atoms with E-state index in [0.717, 1.165) is 16.5 Å². The summed E-state index contributed by atoms with van der Waals surface area (Å²) >= 11 is 0. The predicted molar refractivity (Wildman–Crippen MR) is 127 cm³/mol. The van der Waals surface area contributed by atoms with Crippen LogP contribution in [-0.4, -0.2) is 68.9 Å². The van der Waals surface area contributed by atoms with Gasteiger partial charge in [0.1, 0.15) is 25.3 Å². The molecular weight excluding hydrogens is 474 g/mol. The zero-order chi connectivity index (χ0) is 26.7. The number of aliphatic carboxylic acids is 1. The number of aromatic nitrogens is 2. The Hall–Kier alpha value is -4.42. The van der Waals surface area contributed by atoms with Crippen molar-refractivity contribution < 1.29 is 33.8 Å². The largest absolute Gasteiger partial charge is 0.480 e. The van der Waals surface area contributed by atoms with Crippen LogP contribution in [0.5, 0.6) is 0 Å². The number of amides is 3. The minimum atomic E-state index is -1.26. The molecule has 0 bridgehead atoms. The Kier molecular flexibility index (Phi) is 9.95. The molecule has 2 rings (SSSR count). The molecule has 0 atom stereocenters. The third kappa shape index (κ3) is 10.2. The quantitative estimate of drug-likeness (QED) is 0.434. The molecule has 0 saturated carbocycles. The molecule has 0 saturated heterocycles. The number of nitrogens with zero attached hydrogens (tertiary/aromatic N) is 3. The fourth-order valence-corrected chi connectivity index (χ4v) is 2.82. The third-order valence-electron chi connectivity index (χ3n) is 4.35. The Balaban J connectivity index is 2.03. The standard InChI is InChI=1S/C23H29N5O8/c1-23(2,3)36-21(33)24-10-12-27(14-19(31)32)18(30)13-28-11-9-17(29)25-20(28)26-22(34)35-15-16-7-5-4-6-8-16/h4-9,11H,10,12-15H2,1-3H3,(H,24,33)(H,31,32)(H,25,26,29,34). The van der Waals surface area contributed by atoms with E-state index in [4.69, 9.17) is 9.47 Å². The van der Waals surface area contributed by atoms with E-state index in [1.165, 1.54) is 10.8 Å². The van der Waals surface area contributed by atoms with Gasteiger partial charge in [0, 0.05) is 25.4 Å². The van der Waals surface area contributed by atoms with Crippen molar-refractivity contribution in [2.45, 2.75) is 39.5 Å². The molecule has 1 aromatic heterocycles. The molecule has 194 valence electrons. The van der Waals surface area contributed by atoms with Crippen molar-refractivity contribution in [2.24, 2.45) is 0 Å². The van der Waals surface area contributed by atoms with Crippen molar-refractivity contribution in [3.8, 4) is 0 Å². The van der Waals surface area contributed by atoms with Crippen LogP contribution < -0.4 is 16.2 Å². The first-order chi connectivity index (χ1) is 16.9. The predicted octanol–water partition coefficient (Wildman–Crippen LogP) is 1.43. The average Bonchev–Trinajstić information content (AvgIpc) is 2.78. The van der Waals surface area contributed by atoms with E-state index in [1.807, 2.05) is 6.07 Å². The monoisotopic (exact) mass is 503 g/mol. The van der Waals surface area contributed by atoms with Crippen LogP contribution in [0.4, 0.5) is 15.5 Å². The van der Waals surface area contributed by atoms with Crippen molar-refractivity contribution in [2.75, 3.05) is 25.0 Å². The number of carbonyl (C=O) groups excluding carboxylic acids is 3. The number of carboxylic acid groups (broad SMARTS) is 1. The number of carbonyl (C=O) groups is 4. The summed E-state index contributed by atoms with van der Waals surface area (Å²) in [4.78, 5) is 64.5. The first-order valence-electron chi connectivity index (χ1n) is 10.9. The lowest BCUT2D eigenvalue weighted by molar-refractivity contribution is -0.144. The average molecular weight is 504 g/mol. The van der Waals surface area contributed by atoms with Gasteiger partial charge in [-0.2, -0.15) is 4.98 Å². The minimum absolute atomic E-state index is 0.0281. The number of benzene rings is 1. The van der Waals surface area contributed by atoms with E-state index >= 15 is 0 Å². The molecule has 0 unspecified atom stereocenters. The number of hydrogen-bond acceptors (Lipinski definition) is 8. The van der Waals surface area contributed by atoms with E-state index in [1.54, 1.807) is 45.0 Å². The van der Waals surface area contributed by atoms with Crippen molar-refractivity contribution in [3.63, 3.8) is 0 Å². The van der Waals surface area contributed by atoms with Crippen LogP contribution in [0.15, 0.2) is 47.4 Å². The third-order valence-corrected chi connectivity index (χ3v) is 4.35. The number of carboxylic acids is 1.